The summed E-state index contributed by atoms with van der Waals surface area (Å²) < 4.78 is 13.3. The van der Waals surface area contributed by atoms with Crippen LogP contribution in [0.15, 0.2) is 59.5 Å². The first kappa shape index (κ1) is 19.3. The number of benzene rings is 1. The van der Waals surface area contributed by atoms with Gasteiger partial charge in [-0.15, -0.1) is 0 Å². The summed E-state index contributed by atoms with van der Waals surface area (Å²) in [4.78, 5) is 23.9. The van der Waals surface area contributed by atoms with E-state index in [0.717, 1.165) is 36.0 Å². The fraction of sp³-hybridized carbons (Fsp3) is 0.304. The van der Waals surface area contributed by atoms with Gasteiger partial charge in [0.2, 0.25) is 0 Å². The molecule has 5 rings (SSSR count). The number of amides is 1. The van der Waals surface area contributed by atoms with Crippen molar-refractivity contribution >= 4 is 16.8 Å². The number of aryl methyl sites for hydroxylation is 1. The number of aromatic nitrogens is 4. The number of para-hydroxylation sites is 1. The second kappa shape index (κ2) is 8.22. The van der Waals surface area contributed by atoms with Gasteiger partial charge in [-0.3, -0.25) is 9.78 Å². The highest BCUT2D eigenvalue weighted by atomic mass is 16.5. The smallest absolute Gasteiger partial charge is 0.276 e. The summed E-state index contributed by atoms with van der Waals surface area (Å²) in [6.07, 6.45) is 8.32. The molecule has 1 fully saturated rings. The fourth-order valence-corrected chi connectivity index (χ4v) is 4.11. The third-order valence-corrected chi connectivity index (χ3v) is 5.66. The Hall–Kier alpha value is -3.68. The van der Waals surface area contributed by atoms with E-state index in [1.807, 2.05) is 53.0 Å². The average molecular weight is 417 g/mol. The molecule has 8 heteroatoms. The maximum atomic E-state index is 13.2. The molecule has 158 valence electrons. The molecular formula is C23H23N5O3. The van der Waals surface area contributed by atoms with Gasteiger partial charge in [0.1, 0.15) is 23.7 Å². The lowest BCUT2D eigenvalue weighted by Gasteiger charge is -2.34. The highest BCUT2D eigenvalue weighted by Gasteiger charge is 2.32. The van der Waals surface area contributed by atoms with Crippen LogP contribution in [0.4, 0.5) is 0 Å². The molecule has 4 aromatic rings. The van der Waals surface area contributed by atoms with Crippen molar-refractivity contribution in [3.63, 3.8) is 0 Å². The predicted molar refractivity (Wildman–Crippen MR) is 113 cm³/mol. The van der Waals surface area contributed by atoms with Crippen molar-refractivity contribution in [3.05, 3.63) is 72.3 Å². The maximum absolute atomic E-state index is 13.2. The molecule has 3 aromatic heterocycles. The van der Waals surface area contributed by atoms with E-state index in [1.54, 1.807) is 18.5 Å². The van der Waals surface area contributed by atoms with Crippen LogP contribution in [0.25, 0.3) is 10.9 Å². The zero-order valence-electron chi connectivity index (χ0n) is 17.3. The number of carbonyl (C=O) groups is 1. The Morgan fingerprint density at radius 3 is 2.97 bits per heavy atom. The first-order chi connectivity index (χ1) is 15.2. The topological polar surface area (TPSA) is 86.3 Å². The van der Waals surface area contributed by atoms with Crippen molar-refractivity contribution < 1.29 is 14.1 Å². The van der Waals surface area contributed by atoms with Gasteiger partial charge in [0, 0.05) is 43.6 Å². The molecule has 0 saturated carbocycles. The molecule has 4 heterocycles. The average Bonchev–Trinajstić information content (AvgIpc) is 3.46. The van der Waals surface area contributed by atoms with Crippen LogP contribution in [-0.4, -0.2) is 37.0 Å². The Morgan fingerprint density at radius 2 is 2.10 bits per heavy atom. The van der Waals surface area contributed by atoms with Crippen molar-refractivity contribution in [3.8, 4) is 5.75 Å². The molecule has 0 spiro atoms. The molecule has 0 radical (unpaired) electrons. The van der Waals surface area contributed by atoms with Gasteiger partial charge >= 0.3 is 0 Å². The van der Waals surface area contributed by atoms with Gasteiger partial charge in [-0.25, -0.2) is 4.98 Å². The number of ether oxygens (including phenoxy) is 1. The molecule has 0 bridgehead atoms. The predicted octanol–water partition coefficient (Wildman–Crippen LogP) is 3.90. The molecular weight excluding hydrogens is 394 g/mol. The van der Waals surface area contributed by atoms with E-state index in [1.165, 1.54) is 0 Å². The van der Waals surface area contributed by atoms with E-state index in [4.69, 9.17) is 9.26 Å². The number of pyridine rings is 1. The quantitative estimate of drug-likeness (QED) is 0.489. The monoisotopic (exact) mass is 417 g/mol. The molecule has 8 nitrogen and oxygen atoms in total. The number of carbonyl (C=O) groups excluding carboxylic acids is 1. The van der Waals surface area contributed by atoms with Crippen molar-refractivity contribution in [2.75, 3.05) is 6.54 Å². The Balaban J connectivity index is 1.31. The number of likely N-dealkylation sites (tertiary alicyclic amines) is 1. The first-order valence-electron chi connectivity index (χ1n) is 10.4. The van der Waals surface area contributed by atoms with Gasteiger partial charge in [0.15, 0.2) is 11.5 Å². The Bertz CT molecular complexity index is 1210. The van der Waals surface area contributed by atoms with Crippen LogP contribution in [0.3, 0.4) is 0 Å². The van der Waals surface area contributed by atoms with Crippen molar-refractivity contribution in [1.29, 1.82) is 0 Å². The van der Waals surface area contributed by atoms with Gasteiger partial charge in [-0.1, -0.05) is 23.4 Å². The first-order valence-corrected chi connectivity index (χ1v) is 10.4. The molecule has 1 atom stereocenters. The molecule has 1 saturated heterocycles. The minimum absolute atomic E-state index is 0.0561. The fourth-order valence-electron chi connectivity index (χ4n) is 4.11. The zero-order valence-corrected chi connectivity index (χ0v) is 17.3. The molecule has 0 unspecified atom stereocenters. The number of nitrogens with zero attached hydrogens (tertiary/aromatic N) is 5. The van der Waals surface area contributed by atoms with Gasteiger partial charge < -0.3 is 18.7 Å². The molecule has 0 N–H and O–H groups in total. The highest BCUT2D eigenvalue weighted by molar-refractivity contribution is 5.92. The lowest BCUT2D eigenvalue weighted by atomic mass is 10.0. The van der Waals surface area contributed by atoms with Crippen molar-refractivity contribution in [1.82, 2.24) is 24.6 Å². The third-order valence-electron chi connectivity index (χ3n) is 5.66. The number of hydrogen-bond acceptors (Lipinski definition) is 6. The standard InChI is InChI=1S/C23H23N5O3/c1-27-13-11-25-22(27)19-8-2-3-12-28(19)23(29)18-14-17(31-26-18)15-30-20-9-4-6-16-7-5-10-24-21(16)20/h4-7,9-11,13-14,19H,2-3,8,12,15H2,1H3/t19-/m0/s1. The largest absolute Gasteiger partial charge is 0.483 e. The van der Waals surface area contributed by atoms with Gasteiger partial charge in [-0.05, 0) is 31.4 Å². The van der Waals surface area contributed by atoms with Crippen LogP contribution in [0, 0.1) is 0 Å². The van der Waals surface area contributed by atoms with Gasteiger partial charge in [0.25, 0.3) is 5.91 Å². The summed E-state index contributed by atoms with van der Waals surface area (Å²) in [7, 11) is 1.95. The van der Waals surface area contributed by atoms with Crippen LogP contribution in [-0.2, 0) is 13.7 Å². The SMILES string of the molecule is Cn1ccnc1[C@@H]1CCCCN1C(=O)c1cc(COc2cccc3cccnc23)on1. The van der Waals surface area contributed by atoms with Crippen LogP contribution < -0.4 is 4.74 Å². The van der Waals surface area contributed by atoms with E-state index >= 15 is 0 Å². The van der Waals surface area contributed by atoms with E-state index in [-0.39, 0.29) is 24.2 Å². The highest BCUT2D eigenvalue weighted by Crippen LogP contribution is 2.31. The summed E-state index contributed by atoms with van der Waals surface area (Å²) in [6, 6.07) is 11.2. The number of fused-ring (bicyclic) bond motifs is 1. The van der Waals surface area contributed by atoms with Gasteiger partial charge in [-0.2, -0.15) is 0 Å². The van der Waals surface area contributed by atoms with Crippen molar-refractivity contribution in [2.24, 2.45) is 7.05 Å². The van der Waals surface area contributed by atoms with E-state index < -0.39 is 0 Å². The summed E-state index contributed by atoms with van der Waals surface area (Å²) in [5.74, 6) is 1.90. The number of piperidine rings is 1. The second-order valence-corrected chi connectivity index (χ2v) is 7.70. The third kappa shape index (κ3) is 3.76. The molecule has 1 aliphatic heterocycles. The minimum Gasteiger partial charge on any atom is -0.483 e. The summed E-state index contributed by atoms with van der Waals surface area (Å²) in [5.41, 5.74) is 1.07. The summed E-state index contributed by atoms with van der Waals surface area (Å²) in [6.45, 7) is 0.843. The lowest BCUT2D eigenvalue weighted by Crippen LogP contribution is -2.39. The van der Waals surface area contributed by atoms with E-state index in [9.17, 15) is 4.79 Å². The summed E-state index contributed by atoms with van der Waals surface area (Å²) in [5, 5.41) is 5.01. The van der Waals surface area contributed by atoms with Crippen LogP contribution in [0.5, 0.6) is 5.75 Å². The molecule has 0 aliphatic carbocycles. The van der Waals surface area contributed by atoms with Gasteiger partial charge in [0.05, 0.1) is 6.04 Å². The normalized spacial score (nSPS) is 16.5. The van der Waals surface area contributed by atoms with Crippen LogP contribution in [0.1, 0.15) is 47.4 Å². The number of hydrogen-bond donors (Lipinski definition) is 0. The molecule has 1 amide bonds. The maximum Gasteiger partial charge on any atom is 0.276 e. The van der Waals surface area contributed by atoms with E-state index in [0.29, 0.717) is 18.1 Å². The van der Waals surface area contributed by atoms with Crippen LogP contribution >= 0.6 is 0 Å². The zero-order chi connectivity index (χ0) is 21.2. The van der Waals surface area contributed by atoms with Crippen LogP contribution in [0.2, 0.25) is 0 Å². The number of imidazole rings is 1. The Labute approximate surface area is 179 Å². The minimum atomic E-state index is -0.144. The molecule has 1 aromatic carbocycles. The molecule has 31 heavy (non-hydrogen) atoms. The van der Waals surface area contributed by atoms with Crippen molar-refractivity contribution in [2.45, 2.75) is 31.9 Å². The second-order valence-electron chi connectivity index (χ2n) is 7.70. The summed E-state index contributed by atoms with van der Waals surface area (Å²) >= 11 is 0. The van der Waals surface area contributed by atoms with E-state index in [2.05, 4.69) is 15.1 Å². The Morgan fingerprint density at radius 1 is 1.19 bits per heavy atom. The Kier molecular flexibility index (Phi) is 5.11. The molecule has 1 aliphatic rings. The number of rotatable bonds is 5. The lowest BCUT2D eigenvalue weighted by molar-refractivity contribution is 0.0585.